The summed E-state index contributed by atoms with van der Waals surface area (Å²) in [6, 6.07) is 7.69. The van der Waals surface area contributed by atoms with E-state index < -0.39 is 0 Å². The molecule has 2 aliphatic rings. The second kappa shape index (κ2) is 9.92. The first-order valence-corrected chi connectivity index (χ1v) is 10.4. The van der Waals surface area contributed by atoms with Crippen molar-refractivity contribution in [2.75, 3.05) is 53.4 Å². The van der Waals surface area contributed by atoms with Crippen LogP contribution >= 0.6 is 0 Å². The van der Waals surface area contributed by atoms with E-state index in [0.717, 1.165) is 69.8 Å². The fourth-order valence-corrected chi connectivity index (χ4v) is 4.10. The van der Waals surface area contributed by atoms with Crippen LogP contribution in [0, 0.1) is 5.92 Å². The summed E-state index contributed by atoms with van der Waals surface area (Å²) >= 11 is 0. The van der Waals surface area contributed by atoms with Crippen molar-refractivity contribution in [1.29, 1.82) is 0 Å². The van der Waals surface area contributed by atoms with Crippen molar-refractivity contribution < 1.29 is 14.3 Å². The third kappa shape index (κ3) is 5.71. The molecule has 154 valence electrons. The highest BCUT2D eigenvalue weighted by Gasteiger charge is 2.25. The fourth-order valence-electron chi connectivity index (χ4n) is 4.10. The Bertz CT molecular complexity index is 653. The van der Waals surface area contributed by atoms with E-state index >= 15 is 0 Å². The Morgan fingerprint density at radius 3 is 2.39 bits per heavy atom. The molecule has 2 amide bonds. The molecule has 0 aromatic heterocycles. The smallest absolute Gasteiger partial charge is 0.226 e. The van der Waals surface area contributed by atoms with E-state index in [1.54, 1.807) is 7.11 Å². The van der Waals surface area contributed by atoms with E-state index in [9.17, 15) is 9.59 Å². The Balaban J connectivity index is 1.44. The van der Waals surface area contributed by atoms with Gasteiger partial charge >= 0.3 is 0 Å². The second-order valence-corrected chi connectivity index (χ2v) is 8.10. The van der Waals surface area contributed by atoms with Gasteiger partial charge in [-0.05, 0) is 49.9 Å². The van der Waals surface area contributed by atoms with Gasteiger partial charge in [-0.3, -0.25) is 9.59 Å². The first-order valence-electron chi connectivity index (χ1n) is 10.4. The number of likely N-dealkylation sites (N-methyl/N-ethyl adjacent to an activating group) is 1. The number of nitrogens with zero attached hydrogens (tertiary/aromatic N) is 3. The Morgan fingerprint density at radius 2 is 1.71 bits per heavy atom. The van der Waals surface area contributed by atoms with Gasteiger partial charge in [0.2, 0.25) is 11.8 Å². The molecule has 1 aromatic carbocycles. The summed E-state index contributed by atoms with van der Waals surface area (Å²) in [4.78, 5) is 31.4. The van der Waals surface area contributed by atoms with Crippen LogP contribution in [0.1, 0.15) is 31.2 Å². The molecule has 6 heteroatoms. The van der Waals surface area contributed by atoms with Crippen molar-refractivity contribution in [2.24, 2.45) is 5.92 Å². The van der Waals surface area contributed by atoms with Crippen LogP contribution in [0.2, 0.25) is 0 Å². The minimum atomic E-state index is 0.181. The molecule has 0 N–H and O–H groups in total. The van der Waals surface area contributed by atoms with E-state index in [0.29, 0.717) is 18.8 Å². The molecule has 2 heterocycles. The number of amides is 2. The lowest BCUT2D eigenvalue weighted by molar-refractivity contribution is -0.133. The highest BCUT2D eigenvalue weighted by atomic mass is 16.5. The zero-order valence-corrected chi connectivity index (χ0v) is 17.2. The van der Waals surface area contributed by atoms with Crippen molar-refractivity contribution in [3.8, 4) is 5.75 Å². The van der Waals surface area contributed by atoms with Gasteiger partial charge in [-0.1, -0.05) is 12.1 Å². The lowest BCUT2D eigenvalue weighted by Gasteiger charge is -2.34. The van der Waals surface area contributed by atoms with Crippen LogP contribution in [0.4, 0.5) is 0 Å². The lowest BCUT2D eigenvalue weighted by atomic mass is 9.92. The number of piperidine rings is 1. The van der Waals surface area contributed by atoms with E-state index in [4.69, 9.17) is 4.74 Å². The van der Waals surface area contributed by atoms with E-state index in [1.165, 1.54) is 0 Å². The quantitative estimate of drug-likeness (QED) is 0.750. The van der Waals surface area contributed by atoms with Crippen LogP contribution in [0.3, 0.4) is 0 Å². The van der Waals surface area contributed by atoms with Crippen molar-refractivity contribution in [3.05, 3.63) is 29.8 Å². The number of methoxy groups -OCH3 is 1. The van der Waals surface area contributed by atoms with Gasteiger partial charge < -0.3 is 19.4 Å². The van der Waals surface area contributed by atoms with Gasteiger partial charge in [0.25, 0.3) is 0 Å². The molecule has 1 atom stereocenters. The molecule has 2 saturated heterocycles. The van der Waals surface area contributed by atoms with Crippen molar-refractivity contribution in [2.45, 2.75) is 32.1 Å². The second-order valence-electron chi connectivity index (χ2n) is 8.10. The summed E-state index contributed by atoms with van der Waals surface area (Å²) in [5.41, 5.74) is 1.01. The predicted molar refractivity (Wildman–Crippen MR) is 109 cm³/mol. The summed E-state index contributed by atoms with van der Waals surface area (Å²) in [5, 5.41) is 0. The van der Waals surface area contributed by atoms with Crippen LogP contribution in [0.5, 0.6) is 5.75 Å². The molecule has 0 aliphatic carbocycles. The molecule has 0 spiro atoms. The van der Waals surface area contributed by atoms with Crippen LogP contribution in [0.15, 0.2) is 24.3 Å². The number of carbonyl (C=O) groups is 2. The minimum absolute atomic E-state index is 0.181. The molecule has 2 aliphatic heterocycles. The number of piperazine rings is 1. The number of likely N-dealkylation sites (tertiary alicyclic amines) is 1. The molecule has 3 rings (SSSR count). The van der Waals surface area contributed by atoms with Gasteiger partial charge in [0.15, 0.2) is 0 Å². The van der Waals surface area contributed by atoms with Crippen LogP contribution in [-0.4, -0.2) is 79.9 Å². The van der Waals surface area contributed by atoms with Crippen LogP contribution in [-0.2, 0) is 16.0 Å². The first kappa shape index (κ1) is 20.6. The number of hydrogen-bond acceptors (Lipinski definition) is 4. The summed E-state index contributed by atoms with van der Waals surface area (Å²) in [6.07, 6.45) is 4.06. The van der Waals surface area contributed by atoms with E-state index in [1.807, 2.05) is 34.1 Å². The Hall–Kier alpha value is -2.08. The Kier molecular flexibility index (Phi) is 7.31. The fraction of sp³-hybridized carbons (Fsp3) is 0.636. The summed E-state index contributed by atoms with van der Waals surface area (Å²) in [6.45, 7) is 5.22. The molecule has 6 nitrogen and oxygen atoms in total. The highest BCUT2D eigenvalue weighted by molar-refractivity contribution is 5.79. The van der Waals surface area contributed by atoms with Crippen molar-refractivity contribution in [1.82, 2.24) is 14.7 Å². The molecule has 0 saturated carbocycles. The number of benzene rings is 1. The molecule has 0 radical (unpaired) electrons. The molecule has 28 heavy (non-hydrogen) atoms. The standard InChI is InChI=1S/C22H33N3O3/c1-23-12-14-24(15-13-23)21(26)10-7-19-4-3-11-25(17-19)22(27)16-18-5-8-20(28-2)9-6-18/h5-6,8-9,19H,3-4,7,10-17H2,1-2H3. The third-order valence-corrected chi connectivity index (χ3v) is 6.01. The summed E-state index contributed by atoms with van der Waals surface area (Å²) in [5.74, 6) is 1.69. The van der Waals surface area contributed by atoms with Gasteiger partial charge in [0, 0.05) is 45.7 Å². The Labute approximate surface area is 168 Å². The van der Waals surface area contributed by atoms with Gasteiger partial charge in [-0.15, -0.1) is 0 Å². The van der Waals surface area contributed by atoms with E-state index in [-0.39, 0.29) is 11.8 Å². The van der Waals surface area contributed by atoms with Gasteiger partial charge in [-0.25, -0.2) is 0 Å². The molecule has 1 aromatic rings. The minimum Gasteiger partial charge on any atom is -0.497 e. The molecular formula is C22H33N3O3. The van der Waals surface area contributed by atoms with Gasteiger partial charge in [0.1, 0.15) is 5.75 Å². The van der Waals surface area contributed by atoms with Crippen LogP contribution < -0.4 is 4.74 Å². The summed E-state index contributed by atoms with van der Waals surface area (Å²) in [7, 11) is 3.74. The number of carbonyl (C=O) groups excluding carboxylic acids is 2. The Morgan fingerprint density at radius 1 is 1.00 bits per heavy atom. The summed E-state index contributed by atoms with van der Waals surface area (Å²) < 4.78 is 5.17. The van der Waals surface area contributed by atoms with Crippen molar-refractivity contribution in [3.63, 3.8) is 0 Å². The van der Waals surface area contributed by atoms with Gasteiger partial charge in [-0.2, -0.15) is 0 Å². The normalized spacial score (nSPS) is 20.9. The maximum absolute atomic E-state index is 12.7. The average Bonchev–Trinajstić information content (AvgIpc) is 2.73. The topological polar surface area (TPSA) is 53.1 Å². The molecule has 1 unspecified atom stereocenters. The zero-order chi connectivity index (χ0) is 19.9. The molecular weight excluding hydrogens is 354 g/mol. The lowest BCUT2D eigenvalue weighted by Crippen LogP contribution is -2.47. The third-order valence-electron chi connectivity index (χ3n) is 6.01. The highest BCUT2D eigenvalue weighted by Crippen LogP contribution is 2.23. The number of ether oxygens (including phenoxy) is 1. The van der Waals surface area contributed by atoms with Gasteiger partial charge in [0.05, 0.1) is 13.5 Å². The number of rotatable bonds is 6. The zero-order valence-electron chi connectivity index (χ0n) is 17.2. The molecule has 2 fully saturated rings. The first-order chi connectivity index (χ1) is 13.5. The largest absolute Gasteiger partial charge is 0.497 e. The van der Waals surface area contributed by atoms with E-state index in [2.05, 4.69) is 11.9 Å². The number of hydrogen-bond donors (Lipinski definition) is 0. The van der Waals surface area contributed by atoms with Crippen LogP contribution in [0.25, 0.3) is 0 Å². The monoisotopic (exact) mass is 387 g/mol. The SMILES string of the molecule is COc1ccc(CC(=O)N2CCCC(CCC(=O)N3CCN(C)CC3)C2)cc1. The average molecular weight is 388 g/mol. The van der Waals surface area contributed by atoms with Crippen molar-refractivity contribution >= 4 is 11.8 Å². The molecule has 0 bridgehead atoms. The maximum atomic E-state index is 12.7. The predicted octanol–water partition coefficient (Wildman–Crippen LogP) is 2.03. The maximum Gasteiger partial charge on any atom is 0.226 e.